The van der Waals surface area contributed by atoms with E-state index < -0.39 is 11.0 Å². The van der Waals surface area contributed by atoms with E-state index in [0.29, 0.717) is 0 Å². The molecule has 1 aliphatic rings. The Balaban J connectivity index is 1.98. The minimum absolute atomic E-state index is 0.0232. The van der Waals surface area contributed by atoms with E-state index >= 15 is 0 Å². The summed E-state index contributed by atoms with van der Waals surface area (Å²) in [5.41, 5.74) is -0.122. The predicted molar refractivity (Wildman–Crippen MR) is 80.0 cm³/mol. The second-order valence-electron chi connectivity index (χ2n) is 5.22. The third kappa shape index (κ3) is 3.85. The molecule has 0 bridgehead atoms. The molecular formula is C14H19N3O5. The highest BCUT2D eigenvalue weighted by Crippen LogP contribution is 2.28. The maximum absolute atomic E-state index is 12.0. The number of nitrogens with zero attached hydrogens (tertiary/aromatic N) is 1. The van der Waals surface area contributed by atoms with E-state index in [0.717, 1.165) is 31.7 Å². The molecule has 0 saturated heterocycles. The Bertz CT molecular complexity index is 563. The number of carbonyl (C=O) groups is 1. The van der Waals surface area contributed by atoms with Gasteiger partial charge in [0, 0.05) is 13.2 Å². The quantitative estimate of drug-likeness (QED) is 0.449. The Morgan fingerprint density at radius 3 is 2.77 bits per heavy atom. The van der Waals surface area contributed by atoms with Crippen molar-refractivity contribution < 1.29 is 19.6 Å². The second kappa shape index (κ2) is 7.08. The van der Waals surface area contributed by atoms with Gasteiger partial charge in [-0.2, -0.15) is 0 Å². The third-order valence-corrected chi connectivity index (χ3v) is 3.76. The molecule has 0 aliphatic heterocycles. The average Bonchev–Trinajstić information content (AvgIpc) is 2.49. The standard InChI is InChI=1S/C14H19N3O5/c1-22-13-5-3-2-4-11(13)16-14(19)15-10-7-6-9(17(20)21)8-12(10)18/h6-8,11,13,18H,2-5H2,1H3,(H2,15,16,19)/t11-,13-/m1/s1. The molecular weight excluding hydrogens is 290 g/mol. The number of nitro groups is 1. The number of hydrogen-bond donors (Lipinski definition) is 3. The smallest absolute Gasteiger partial charge is 0.319 e. The van der Waals surface area contributed by atoms with E-state index in [1.165, 1.54) is 12.1 Å². The van der Waals surface area contributed by atoms with Gasteiger partial charge in [0.2, 0.25) is 0 Å². The molecule has 0 unspecified atom stereocenters. The van der Waals surface area contributed by atoms with E-state index in [4.69, 9.17) is 4.74 Å². The number of anilines is 1. The van der Waals surface area contributed by atoms with Gasteiger partial charge in [-0.25, -0.2) is 4.79 Å². The number of amides is 2. The molecule has 0 aromatic heterocycles. The van der Waals surface area contributed by atoms with Crippen LogP contribution < -0.4 is 10.6 Å². The number of aromatic hydroxyl groups is 1. The summed E-state index contributed by atoms with van der Waals surface area (Å²) < 4.78 is 5.35. The molecule has 0 spiro atoms. The Hall–Kier alpha value is -2.35. The van der Waals surface area contributed by atoms with E-state index in [9.17, 15) is 20.0 Å². The van der Waals surface area contributed by atoms with Crippen molar-refractivity contribution in [1.29, 1.82) is 0 Å². The van der Waals surface area contributed by atoms with Gasteiger partial charge >= 0.3 is 6.03 Å². The van der Waals surface area contributed by atoms with Gasteiger partial charge in [-0.05, 0) is 18.9 Å². The molecule has 2 amide bonds. The fourth-order valence-corrected chi connectivity index (χ4v) is 2.61. The minimum Gasteiger partial charge on any atom is -0.506 e. The van der Waals surface area contributed by atoms with E-state index in [2.05, 4.69) is 10.6 Å². The van der Waals surface area contributed by atoms with Crippen molar-refractivity contribution >= 4 is 17.4 Å². The molecule has 1 fully saturated rings. The highest BCUT2D eigenvalue weighted by molar-refractivity contribution is 5.91. The predicted octanol–water partition coefficient (Wildman–Crippen LogP) is 2.38. The molecule has 1 aromatic carbocycles. The van der Waals surface area contributed by atoms with Crippen LogP contribution in [0.4, 0.5) is 16.2 Å². The summed E-state index contributed by atoms with van der Waals surface area (Å²) in [6.07, 6.45) is 3.79. The summed E-state index contributed by atoms with van der Waals surface area (Å²) in [4.78, 5) is 22.0. The lowest BCUT2D eigenvalue weighted by Gasteiger charge is -2.31. The number of methoxy groups -OCH3 is 1. The van der Waals surface area contributed by atoms with Gasteiger partial charge in [-0.1, -0.05) is 12.8 Å². The van der Waals surface area contributed by atoms with Crippen LogP contribution in [-0.2, 0) is 4.74 Å². The van der Waals surface area contributed by atoms with Crippen LogP contribution in [0.5, 0.6) is 5.75 Å². The lowest BCUT2D eigenvalue weighted by atomic mass is 9.92. The molecule has 1 aliphatic carbocycles. The zero-order valence-corrected chi connectivity index (χ0v) is 12.2. The van der Waals surface area contributed by atoms with Gasteiger partial charge in [-0.3, -0.25) is 10.1 Å². The fourth-order valence-electron chi connectivity index (χ4n) is 2.61. The number of phenols is 1. The topological polar surface area (TPSA) is 114 Å². The number of benzene rings is 1. The number of rotatable bonds is 4. The average molecular weight is 309 g/mol. The number of nitro benzene ring substituents is 1. The van der Waals surface area contributed by atoms with E-state index in [1.807, 2.05) is 0 Å². The first-order valence-corrected chi connectivity index (χ1v) is 7.09. The molecule has 0 heterocycles. The van der Waals surface area contributed by atoms with Crippen LogP contribution >= 0.6 is 0 Å². The van der Waals surface area contributed by atoms with Crippen LogP contribution in [0.25, 0.3) is 0 Å². The summed E-state index contributed by atoms with van der Waals surface area (Å²) in [7, 11) is 1.62. The number of carbonyl (C=O) groups excluding carboxylic acids is 1. The van der Waals surface area contributed by atoms with Gasteiger partial charge < -0.3 is 20.5 Å². The van der Waals surface area contributed by atoms with Crippen molar-refractivity contribution in [2.45, 2.75) is 37.8 Å². The Morgan fingerprint density at radius 2 is 2.14 bits per heavy atom. The van der Waals surface area contributed by atoms with Crippen LogP contribution in [0, 0.1) is 10.1 Å². The molecule has 120 valence electrons. The summed E-state index contributed by atoms with van der Waals surface area (Å²) in [6, 6.07) is 2.95. The Kier molecular flexibility index (Phi) is 5.16. The van der Waals surface area contributed by atoms with Gasteiger partial charge in [0.05, 0.1) is 28.8 Å². The van der Waals surface area contributed by atoms with Gasteiger partial charge in [0.25, 0.3) is 5.69 Å². The molecule has 2 atom stereocenters. The Labute approximate surface area is 127 Å². The zero-order valence-electron chi connectivity index (χ0n) is 12.2. The first-order chi connectivity index (χ1) is 10.5. The number of phenolic OH excluding ortho intramolecular Hbond substituents is 1. The number of ether oxygens (including phenoxy) is 1. The van der Waals surface area contributed by atoms with Gasteiger partial charge in [-0.15, -0.1) is 0 Å². The molecule has 1 aromatic rings. The van der Waals surface area contributed by atoms with Crippen molar-refractivity contribution in [3.05, 3.63) is 28.3 Å². The highest BCUT2D eigenvalue weighted by atomic mass is 16.6. The largest absolute Gasteiger partial charge is 0.506 e. The molecule has 2 rings (SSSR count). The second-order valence-corrected chi connectivity index (χ2v) is 5.22. The monoisotopic (exact) mass is 309 g/mol. The number of urea groups is 1. The van der Waals surface area contributed by atoms with Crippen molar-refractivity contribution in [1.82, 2.24) is 5.32 Å². The SMILES string of the molecule is CO[C@@H]1CCCC[C@H]1NC(=O)Nc1ccc([N+](=O)[O-])cc1O. The first kappa shape index (κ1) is 16.0. The zero-order chi connectivity index (χ0) is 16.1. The molecule has 8 heteroatoms. The van der Waals surface area contributed by atoms with Crippen LogP contribution in [0.3, 0.4) is 0 Å². The fraction of sp³-hybridized carbons (Fsp3) is 0.500. The lowest BCUT2D eigenvalue weighted by molar-refractivity contribution is -0.384. The summed E-state index contributed by atoms with van der Waals surface area (Å²) in [6.45, 7) is 0. The molecule has 0 radical (unpaired) electrons. The molecule has 22 heavy (non-hydrogen) atoms. The summed E-state index contributed by atoms with van der Waals surface area (Å²) in [5, 5.41) is 25.6. The van der Waals surface area contributed by atoms with Gasteiger partial charge in [0.1, 0.15) is 5.75 Å². The maximum Gasteiger partial charge on any atom is 0.319 e. The Morgan fingerprint density at radius 1 is 1.41 bits per heavy atom. The molecule has 1 saturated carbocycles. The first-order valence-electron chi connectivity index (χ1n) is 7.09. The van der Waals surface area contributed by atoms with Gasteiger partial charge in [0.15, 0.2) is 0 Å². The van der Waals surface area contributed by atoms with Crippen LogP contribution in [0.15, 0.2) is 18.2 Å². The van der Waals surface area contributed by atoms with E-state index in [-0.39, 0.29) is 29.3 Å². The number of hydrogen-bond acceptors (Lipinski definition) is 5. The number of non-ortho nitro benzene ring substituents is 1. The lowest BCUT2D eigenvalue weighted by Crippen LogP contribution is -2.47. The minimum atomic E-state index is -0.616. The maximum atomic E-state index is 12.0. The van der Waals surface area contributed by atoms with Crippen molar-refractivity contribution in [2.24, 2.45) is 0 Å². The van der Waals surface area contributed by atoms with Crippen molar-refractivity contribution in [3.63, 3.8) is 0 Å². The molecule has 3 N–H and O–H groups in total. The molecule has 8 nitrogen and oxygen atoms in total. The van der Waals surface area contributed by atoms with Crippen molar-refractivity contribution in [2.75, 3.05) is 12.4 Å². The van der Waals surface area contributed by atoms with Crippen LogP contribution in [-0.4, -0.2) is 35.3 Å². The van der Waals surface area contributed by atoms with Crippen molar-refractivity contribution in [3.8, 4) is 5.75 Å². The highest BCUT2D eigenvalue weighted by Gasteiger charge is 2.26. The third-order valence-electron chi connectivity index (χ3n) is 3.76. The van der Waals surface area contributed by atoms with E-state index in [1.54, 1.807) is 7.11 Å². The summed E-state index contributed by atoms with van der Waals surface area (Å²) in [5.74, 6) is -0.351. The van der Waals surface area contributed by atoms with Crippen LogP contribution in [0.1, 0.15) is 25.7 Å². The van der Waals surface area contributed by atoms with Crippen LogP contribution in [0.2, 0.25) is 0 Å². The normalized spacial score (nSPS) is 21.1. The number of nitrogens with one attached hydrogen (secondary N) is 2. The summed E-state index contributed by atoms with van der Waals surface area (Å²) >= 11 is 0.